The zero-order valence-corrected chi connectivity index (χ0v) is 16.3. The summed E-state index contributed by atoms with van der Waals surface area (Å²) in [5.74, 6) is -2.56. The first kappa shape index (κ1) is 19.5. The normalized spacial score (nSPS) is 16.0. The minimum Gasteiger partial charge on any atom is -0.373 e. The van der Waals surface area contributed by atoms with Crippen LogP contribution in [-0.2, 0) is 11.3 Å². The Kier molecular flexibility index (Phi) is 4.84. The Balaban J connectivity index is 1.84. The van der Waals surface area contributed by atoms with Gasteiger partial charge >= 0.3 is 0 Å². The van der Waals surface area contributed by atoms with Crippen molar-refractivity contribution in [3.8, 4) is 0 Å². The van der Waals surface area contributed by atoms with Crippen LogP contribution in [0.25, 0.3) is 10.8 Å². The molecule has 1 atom stereocenters. The lowest BCUT2D eigenvalue weighted by Crippen LogP contribution is -2.37. The highest BCUT2D eigenvalue weighted by atomic mass is 35.5. The van der Waals surface area contributed by atoms with Crippen LogP contribution in [0, 0.1) is 18.6 Å². The van der Waals surface area contributed by atoms with Crippen LogP contribution in [0.5, 0.6) is 0 Å². The molecule has 0 aliphatic carbocycles. The van der Waals surface area contributed by atoms with Gasteiger partial charge in [-0.05, 0) is 30.5 Å². The first-order valence-electron chi connectivity index (χ1n) is 8.78. The number of pyridine rings is 2. The molecule has 1 aliphatic heterocycles. The highest BCUT2D eigenvalue weighted by Crippen LogP contribution is 2.34. The Hall–Kier alpha value is -2.84. The number of hydrogen-bond acceptors (Lipinski definition) is 4. The van der Waals surface area contributed by atoms with Gasteiger partial charge in [-0.1, -0.05) is 11.6 Å². The van der Waals surface area contributed by atoms with Crippen molar-refractivity contribution in [2.75, 3.05) is 13.7 Å². The molecule has 4 rings (SSSR count). The molecular formula is C20H16ClF2N3O3. The molecule has 6 nitrogen and oxygen atoms in total. The summed E-state index contributed by atoms with van der Waals surface area (Å²) in [5, 5.41) is 0.614. The molecule has 9 heteroatoms. The average molecular weight is 420 g/mol. The molecule has 3 heterocycles. The second-order valence-electron chi connectivity index (χ2n) is 6.90. The molecule has 0 bridgehead atoms. The maximum Gasteiger partial charge on any atom is 0.256 e. The number of likely N-dealkylation sites (N-methyl/N-ethyl adjacent to an activating group) is 1. The quantitative estimate of drug-likeness (QED) is 0.689. The van der Waals surface area contributed by atoms with E-state index in [4.69, 9.17) is 16.3 Å². The molecule has 29 heavy (non-hydrogen) atoms. The highest BCUT2D eigenvalue weighted by molar-refractivity contribution is 6.31. The van der Waals surface area contributed by atoms with Crippen molar-refractivity contribution in [3.05, 3.63) is 73.9 Å². The summed E-state index contributed by atoms with van der Waals surface area (Å²) in [6.07, 6.45) is 1.42. The smallest absolute Gasteiger partial charge is 0.256 e. The zero-order chi connectivity index (χ0) is 20.9. The Morgan fingerprint density at radius 3 is 2.66 bits per heavy atom. The molecule has 1 aliphatic rings. The van der Waals surface area contributed by atoms with E-state index in [-0.39, 0.29) is 35.5 Å². The molecule has 0 unspecified atom stereocenters. The van der Waals surface area contributed by atoms with Gasteiger partial charge in [0.1, 0.15) is 0 Å². The lowest BCUT2D eigenvalue weighted by molar-refractivity contribution is 0.0335. The Labute approximate surface area is 169 Å². The van der Waals surface area contributed by atoms with Gasteiger partial charge < -0.3 is 14.6 Å². The van der Waals surface area contributed by atoms with Gasteiger partial charge in [0.2, 0.25) is 0 Å². The number of fused-ring (bicyclic) bond motifs is 3. The van der Waals surface area contributed by atoms with Crippen LogP contribution in [0.2, 0.25) is 5.02 Å². The summed E-state index contributed by atoms with van der Waals surface area (Å²) in [4.78, 5) is 33.5. The number of H-pyrrole nitrogens is 1. The van der Waals surface area contributed by atoms with Crippen LogP contribution < -0.4 is 5.56 Å². The van der Waals surface area contributed by atoms with E-state index in [9.17, 15) is 18.4 Å². The van der Waals surface area contributed by atoms with Crippen LogP contribution in [0.3, 0.4) is 0 Å². The number of halogens is 3. The molecule has 3 aromatic rings. The fourth-order valence-electron chi connectivity index (χ4n) is 3.52. The Morgan fingerprint density at radius 2 is 1.97 bits per heavy atom. The standard InChI is InChI=1S/C20H16ClF2N3O3/c1-9-13(21)3-10(6-24-9)20(28)26(2)17-8-29-7-16-18(17)11-4-14(22)15(23)5-12(11)19(27)25-16/h3-6,17H,7-8H2,1-2H3,(H,25,27)/t17-/m1/s1. The molecular weight excluding hydrogens is 404 g/mol. The predicted octanol–water partition coefficient (Wildman–Crippen LogP) is 3.51. The van der Waals surface area contributed by atoms with Crippen LogP contribution in [0.15, 0.2) is 29.2 Å². The minimum atomic E-state index is -1.11. The number of benzene rings is 1. The van der Waals surface area contributed by atoms with Gasteiger partial charge in [0, 0.05) is 24.5 Å². The van der Waals surface area contributed by atoms with E-state index < -0.39 is 23.2 Å². The van der Waals surface area contributed by atoms with Crippen molar-refractivity contribution in [2.24, 2.45) is 0 Å². The second kappa shape index (κ2) is 7.20. The fraction of sp³-hybridized carbons (Fsp3) is 0.250. The van der Waals surface area contributed by atoms with Crippen molar-refractivity contribution >= 4 is 28.3 Å². The van der Waals surface area contributed by atoms with Crippen LogP contribution >= 0.6 is 11.6 Å². The number of nitrogens with one attached hydrogen (secondary N) is 1. The SMILES string of the molecule is Cc1ncc(C(=O)N(C)[C@@H]2COCc3[nH]c(=O)c4cc(F)c(F)cc4c32)cc1Cl. The molecule has 2 aromatic heterocycles. The average Bonchev–Trinajstić information content (AvgIpc) is 2.70. The van der Waals surface area contributed by atoms with Crippen LogP contribution in [0.4, 0.5) is 8.78 Å². The lowest BCUT2D eigenvalue weighted by Gasteiger charge is -2.33. The summed E-state index contributed by atoms with van der Waals surface area (Å²) in [6.45, 7) is 1.94. The molecule has 0 saturated carbocycles. The molecule has 0 spiro atoms. The number of amides is 1. The summed E-state index contributed by atoms with van der Waals surface area (Å²) in [5.41, 5.74) is 1.26. The number of ether oxygens (including phenoxy) is 1. The van der Waals surface area contributed by atoms with E-state index in [2.05, 4.69) is 9.97 Å². The van der Waals surface area contributed by atoms with Crippen molar-refractivity contribution in [2.45, 2.75) is 19.6 Å². The number of nitrogens with zero attached hydrogens (tertiary/aromatic N) is 2. The van der Waals surface area contributed by atoms with E-state index >= 15 is 0 Å². The lowest BCUT2D eigenvalue weighted by atomic mass is 9.95. The van der Waals surface area contributed by atoms with Gasteiger partial charge in [0.25, 0.3) is 11.5 Å². The van der Waals surface area contributed by atoms with E-state index in [1.165, 1.54) is 17.2 Å². The zero-order valence-electron chi connectivity index (χ0n) is 15.6. The van der Waals surface area contributed by atoms with Crippen LogP contribution in [-0.4, -0.2) is 34.4 Å². The van der Waals surface area contributed by atoms with E-state index in [1.807, 2.05) is 0 Å². The number of rotatable bonds is 2. The highest BCUT2D eigenvalue weighted by Gasteiger charge is 2.31. The third kappa shape index (κ3) is 3.28. The van der Waals surface area contributed by atoms with Gasteiger partial charge in [-0.3, -0.25) is 14.6 Å². The maximum atomic E-state index is 14.0. The number of aromatic nitrogens is 2. The van der Waals surface area contributed by atoms with Gasteiger partial charge in [-0.25, -0.2) is 8.78 Å². The summed E-state index contributed by atoms with van der Waals surface area (Å²) < 4.78 is 33.2. The molecule has 1 aromatic carbocycles. The fourth-order valence-corrected chi connectivity index (χ4v) is 3.68. The third-order valence-electron chi connectivity index (χ3n) is 5.10. The molecule has 0 saturated heterocycles. The second-order valence-corrected chi connectivity index (χ2v) is 7.30. The summed E-state index contributed by atoms with van der Waals surface area (Å²) >= 11 is 6.08. The topological polar surface area (TPSA) is 75.3 Å². The molecule has 0 radical (unpaired) electrons. The largest absolute Gasteiger partial charge is 0.373 e. The molecule has 1 amide bonds. The minimum absolute atomic E-state index is 0.00967. The Morgan fingerprint density at radius 1 is 1.28 bits per heavy atom. The van der Waals surface area contributed by atoms with E-state index in [0.29, 0.717) is 22.0 Å². The number of carbonyl (C=O) groups is 1. The van der Waals surface area contributed by atoms with Crippen molar-refractivity contribution in [1.82, 2.24) is 14.9 Å². The van der Waals surface area contributed by atoms with Crippen molar-refractivity contribution < 1.29 is 18.3 Å². The third-order valence-corrected chi connectivity index (χ3v) is 5.48. The Bertz CT molecular complexity index is 1210. The van der Waals surface area contributed by atoms with E-state index in [0.717, 1.165) is 12.1 Å². The monoisotopic (exact) mass is 419 g/mol. The summed E-state index contributed by atoms with van der Waals surface area (Å²) in [6, 6.07) is 2.74. The van der Waals surface area contributed by atoms with Gasteiger partial charge in [-0.2, -0.15) is 0 Å². The number of carbonyl (C=O) groups excluding carboxylic acids is 1. The van der Waals surface area contributed by atoms with Crippen molar-refractivity contribution in [1.29, 1.82) is 0 Å². The number of aromatic amines is 1. The van der Waals surface area contributed by atoms with Crippen molar-refractivity contribution in [3.63, 3.8) is 0 Å². The predicted molar refractivity (Wildman–Crippen MR) is 103 cm³/mol. The number of aryl methyl sites for hydroxylation is 1. The first-order chi connectivity index (χ1) is 13.8. The first-order valence-corrected chi connectivity index (χ1v) is 9.16. The summed E-state index contributed by atoms with van der Waals surface area (Å²) in [7, 11) is 1.57. The van der Waals surface area contributed by atoms with Crippen LogP contribution in [0.1, 0.15) is 33.4 Å². The van der Waals surface area contributed by atoms with Gasteiger partial charge in [0.15, 0.2) is 11.6 Å². The molecule has 150 valence electrons. The maximum absolute atomic E-state index is 14.0. The van der Waals surface area contributed by atoms with Gasteiger partial charge in [-0.15, -0.1) is 0 Å². The van der Waals surface area contributed by atoms with E-state index in [1.54, 1.807) is 14.0 Å². The molecule has 0 fully saturated rings. The molecule has 1 N–H and O–H groups in total. The van der Waals surface area contributed by atoms with Gasteiger partial charge in [0.05, 0.1) is 40.9 Å². The number of hydrogen-bond donors (Lipinski definition) is 1.